The summed E-state index contributed by atoms with van der Waals surface area (Å²) >= 11 is 0. The summed E-state index contributed by atoms with van der Waals surface area (Å²) < 4.78 is 11.2. The van der Waals surface area contributed by atoms with Gasteiger partial charge in [0.1, 0.15) is 5.60 Å². The predicted octanol–water partition coefficient (Wildman–Crippen LogP) is 2.03. The van der Waals surface area contributed by atoms with Crippen molar-refractivity contribution in [2.24, 2.45) is 0 Å². The maximum absolute atomic E-state index is 5.96. The Morgan fingerprint density at radius 2 is 2.29 bits per heavy atom. The molecule has 1 saturated carbocycles. The quantitative estimate of drug-likeness (QED) is 0.736. The Morgan fingerprint density at radius 1 is 1.43 bits per heavy atom. The zero-order chi connectivity index (χ0) is 9.60. The van der Waals surface area contributed by atoms with Crippen LogP contribution in [-0.4, -0.2) is 19.3 Å². The largest absolute Gasteiger partial charge is 0.493 e. The monoisotopic (exact) mass is 191 g/mol. The van der Waals surface area contributed by atoms with Gasteiger partial charge in [-0.15, -0.1) is 0 Å². The fourth-order valence-corrected chi connectivity index (χ4v) is 1.85. The first-order valence-corrected chi connectivity index (χ1v) is 4.93. The van der Waals surface area contributed by atoms with E-state index in [9.17, 15) is 0 Å². The molecule has 0 atom stereocenters. The van der Waals surface area contributed by atoms with Gasteiger partial charge < -0.3 is 14.8 Å². The smallest absolute Gasteiger partial charge is 0.185 e. The predicted molar refractivity (Wildman–Crippen MR) is 54.1 cm³/mol. The molecule has 1 aromatic carbocycles. The number of hydrogen-bond donors (Lipinski definition) is 1. The van der Waals surface area contributed by atoms with Crippen molar-refractivity contribution >= 4 is 5.69 Å². The standard InChI is InChI=1S/C11H13NO2/c1-13-9-4-2-3-8-10(9)14-11(5-6-11)7-12-8/h2-4,12H,5-7H2,1H3. The normalized spacial score (nSPS) is 20.6. The first-order valence-electron chi connectivity index (χ1n) is 4.93. The van der Waals surface area contributed by atoms with Crippen molar-refractivity contribution in [2.45, 2.75) is 18.4 Å². The van der Waals surface area contributed by atoms with Crippen molar-refractivity contribution in [3.63, 3.8) is 0 Å². The molecule has 74 valence electrons. The summed E-state index contributed by atoms with van der Waals surface area (Å²) in [4.78, 5) is 0. The van der Waals surface area contributed by atoms with Crippen LogP contribution in [-0.2, 0) is 0 Å². The highest BCUT2D eigenvalue weighted by Gasteiger charge is 2.48. The van der Waals surface area contributed by atoms with E-state index in [0.717, 1.165) is 36.6 Å². The van der Waals surface area contributed by atoms with E-state index in [4.69, 9.17) is 9.47 Å². The molecule has 0 unspecified atom stereocenters. The second kappa shape index (κ2) is 2.56. The summed E-state index contributed by atoms with van der Waals surface area (Å²) in [6.45, 7) is 0.924. The Kier molecular flexibility index (Phi) is 1.46. The molecule has 2 aliphatic rings. The second-order valence-electron chi connectivity index (χ2n) is 3.98. The van der Waals surface area contributed by atoms with Crippen molar-refractivity contribution in [3.8, 4) is 11.5 Å². The van der Waals surface area contributed by atoms with Crippen LogP contribution in [0, 0.1) is 0 Å². The molecule has 0 aromatic heterocycles. The molecule has 1 fully saturated rings. The van der Waals surface area contributed by atoms with Crippen LogP contribution in [0.15, 0.2) is 18.2 Å². The second-order valence-corrected chi connectivity index (χ2v) is 3.98. The van der Waals surface area contributed by atoms with Crippen LogP contribution >= 0.6 is 0 Å². The van der Waals surface area contributed by atoms with Crippen LogP contribution in [0.1, 0.15) is 12.8 Å². The van der Waals surface area contributed by atoms with Gasteiger partial charge in [0, 0.05) is 0 Å². The molecular formula is C11H13NO2. The summed E-state index contributed by atoms with van der Waals surface area (Å²) in [7, 11) is 1.67. The lowest BCUT2D eigenvalue weighted by Gasteiger charge is -2.28. The number of hydrogen-bond acceptors (Lipinski definition) is 3. The molecule has 0 amide bonds. The SMILES string of the molecule is COc1cccc2c1OC1(CC1)CN2. The molecule has 0 radical (unpaired) electrons. The molecule has 1 aliphatic carbocycles. The maximum Gasteiger partial charge on any atom is 0.185 e. The fraction of sp³-hybridized carbons (Fsp3) is 0.455. The van der Waals surface area contributed by atoms with Gasteiger partial charge in [0.05, 0.1) is 19.3 Å². The van der Waals surface area contributed by atoms with Crippen LogP contribution in [0.2, 0.25) is 0 Å². The van der Waals surface area contributed by atoms with E-state index in [2.05, 4.69) is 5.32 Å². The minimum atomic E-state index is 0.0711. The average molecular weight is 191 g/mol. The Hall–Kier alpha value is -1.38. The third-order valence-corrected chi connectivity index (χ3v) is 2.93. The first-order chi connectivity index (χ1) is 6.83. The molecular weight excluding hydrogens is 178 g/mol. The van der Waals surface area contributed by atoms with E-state index < -0.39 is 0 Å². The molecule has 3 heteroatoms. The van der Waals surface area contributed by atoms with E-state index in [1.54, 1.807) is 7.11 Å². The lowest BCUT2D eigenvalue weighted by molar-refractivity contribution is 0.176. The number of nitrogens with one attached hydrogen (secondary N) is 1. The van der Waals surface area contributed by atoms with E-state index in [0.29, 0.717) is 0 Å². The third-order valence-electron chi connectivity index (χ3n) is 2.93. The van der Waals surface area contributed by atoms with Crippen LogP contribution in [0.4, 0.5) is 5.69 Å². The molecule has 3 nitrogen and oxygen atoms in total. The first kappa shape index (κ1) is 7.97. The molecule has 0 saturated heterocycles. The summed E-state index contributed by atoms with van der Waals surface area (Å²) in [6, 6.07) is 5.92. The van der Waals surface area contributed by atoms with Gasteiger partial charge in [-0.25, -0.2) is 0 Å². The number of para-hydroxylation sites is 1. The topological polar surface area (TPSA) is 30.5 Å². The van der Waals surface area contributed by atoms with Gasteiger partial charge in [-0.2, -0.15) is 0 Å². The molecule has 1 heterocycles. The number of methoxy groups -OCH3 is 1. The Labute approximate surface area is 83.0 Å². The summed E-state index contributed by atoms with van der Waals surface area (Å²) in [5.41, 5.74) is 1.11. The number of fused-ring (bicyclic) bond motifs is 1. The summed E-state index contributed by atoms with van der Waals surface area (Å²) in [5, 5.41) is 3.39. The summed E-state index contributed by atoms with van der Waals surface area (Å²) in [6.07, 6.45) is 2.30. The minimum absolute atomic E-state index is 0.0711. The highest BCUT2D eigenvalue weighted by atomic mass is 16.5. The highest BCUT2D eigenvalue weighted by Crippen LogP contribution is 2.49. The van der Waals surface area contributed by atoms with Crippen LogP contribution in [0.25, 0.3) is 0 Å². The van der Waals surface area contributed by atoms with E-state index in [1.807, 2.05) is 18.2 Å². The molecule has 0 bridgehead atoms. The maximum atomic E-state index is 5.96. The van der Waals surface area contributed by atoms with Crippen molar-refractivity contribution < 1.29 is 9.47 Å². The minimum Gasteiger partial charge on any atom is -0.493 e. The zero-order valence-corrected chi connectivity index (χ0v) is 8.17. The Balaban J connectivity index is 2.04. The van der Waals surface area contributed by atoms with Gasteiger partial charge in [0.2, 0.25) is 0 Å². The van der Waals surface area contributed by atoms with Crippen molar-refractivity contribution in [2.75, 3.05) is 19.0 Å². The van der Waals surface area contributed by atoms with E-state index >= 15 is 0 Å². The number of rotatable bonds is 1. The number of ether oxygens (including phenoxy) is 2. The van der Waals surface area contributed by atoms with Crippen molar-refractivity contribution in [3.05, 3.63) is 18.2 Å². The lowest BCUT2D eigenvalue weighted by Crippen LogP contribution is -2.32. The van der Waals surface area contributed by atoms with Gasteiger partial charge in [0.15, 0.2) is 11.5 Å². The zero-order valence-electron chi connectivity index (χ0n) is 8.17. The Morgan fingerprint density at radius 3 is 3.00 bits per heavy atom. The molecule has 14 heavy (non-hydrogen) atoms. The van der Waals surface area contributed by atoms with Crippen molar-refractivity contribution in [1.29, 1.82) is 0 Å². The van der Waals surface area contributed by atoms with E-state index in [1.165, 1.54) is 0 Å². The molecule has 1 aromatic rings. The van der Waals surface area contributed by atoms with Crippen molar-refractivity contribution in [1.82, 2.24) is 0 Å². The van der Waals surface area contributed by atoms with Gasteiger partial charge >= 0.3 is 0 Å². The average Bonchev–Trinajstić information content (AvgIpc) is 2.97. The number of benzene rings is 1. The molecule has 3 rings (SSSR count). The van der Waals surface area contributed by atoms with Crippen LogP contribution in [0.5, 0.6) is 11.5 Å². The molecule has 1 spiro atoms. The van der Waals surface area contributed by atoms with Gasteiger partial charge in [-0.05, 0) is 25.0 Å². The third kappa shape index (κ3) is 1.05. The van der Waals surface area contributed by atoms with Crippen LogP contribution in [0.3, 0.4) is 0 Å². The van der Waals surface area contributed by atoms with Gasteiger partial charge in [-0.3, -0.25) is 0 Å². The Bertz CT molecular complexity index is 357. The van der Waals surface area contributed by atoms with E-state index in [-0.39, 0.29) is 5.60 Å². The van der Waals surface area contributed by atoms with Crippen LogP contribution < -0.4 is 14.8 Å². The van der Waals surface area contributed by atoms with Gasteiger partial charge in [0.25, 0.3) is 0 Å². The highest BCUT2D eigenvalue weighted by molar-refractivity contribution is 5.65. The van der Waals surface area contributed by atoms with Gasteiger partial charge in [-0.1, -0.05) is 6.07 Å². The molecule has 1 aliphatic heterocycles. The molecule has 1 N–H and O–H groups in total. The lowest BCUT2D eigenvalue weighted by atomic mass is 10.2. The fourth-order valence-electron chi connectivity index (χ4n) is 1.85. The number of anilines is 1. The summed E-state index contributed by atoms with van der Waals surface area (Å²) in [5.74, 6) is 1.69.